The van der Waals surface area contributed by atoms with E-state index in [0.717, 1.165) is 25.7 Å². The van der Waals surface area contributed by atoms with Crippen molar-refractivity contribution in [1.29, 1.82) is 0 Å². The van der Waals surface area contributed by atoms with Crippen molar-refractivity contribution in [3.05, 3.63) is 23.9 Å². The highest BCUT2D eigenvalue weighted by molar-refractivity contribution is 5.94. The number of pyridine rings is 1. The zero-order valence-electron chi connectivity index (χ0n) is 12.1. The Balaban J connectivity index is 2.04. The van der Waals surface area contributed by atoms with E-state index < -0.39 is 5.54 Å². The molecule has 1 fully saturated rings. The molecule has 1 aromatic heterocycles. The van der Waals surface area contributed by atoms with Gasteiger partial charge in [-0.2, -0.15) is 0 Å². The molecule has 2 N–H and O–H groups in total. The zero-order chi connectivity index (χ0) is 14.6. The van der Waals surface area contributed by atoms with Gasteiger partial charge < -0.3 is 15.2 Å². The summed E-state index contributed by atoms with van der Waals surface area (Å²) in [6, 6.07) is 3.33. The van der Waals surface area contributed by atoms with Crippen molar-refractivity contribution in [2.45, 2.75) is 38.1 Å². The second-order valence-corrected chi connectivity index (χ2v) is 5.66. The van der Waals surface area contributed by atoms with Gasteiger partial charge in [-0.25, -0.2) is 4.98 Å². The third kappa shape index (κ3) is 3.28. The van der Waals surface area contributed by atoms with Crippen LogP contribution in [0.25, 0.3) is 0 Å². The lowest BCUT2D eigenvalue weighted by Gasteiger charge is -2.38. The molecule has 1 heterocycles. The molecule has 0 bridgehead atoms. The van der Waals surface area contributed by atoms with E-state index in [-0.39, 0.29) is 12.5 Å². The number of methoxy groups -OCH3 is 1. The molecule has 0 atom stereocenters. The summed E-state index contributed by atoms with van der Waals surface area (Å²) < 4.78 is 4.97. The number of aromatic nitrogens is 1. The van der Waals surface area contributed by atoms with Crippen molar-refractivity contribution in [3.8, 4) is 5.88 Å². The van der Waals surface area contributed by atoms with E-state index >= 15 is 0 Å². The second-order valence-electron chi connectivity index (χ2n) is 5.66. The van der Waals surface area contributed by atoms with Gasteiger partial charge in [-0.15, -0.1) is 0 Å². The van der Waals surface area contributed by atoms with E-state index in [0.29, 0.717) is 17.4 Å². The number of hydrogen-bond acceptors (Lipinski definition) is 4. The summed E-state index contributed by atoms with van der Waals surface area (Å²) in [5.74, 6) is 0.947. The van der Waals surface area contributed by atoms with Gasteiger partial charge >= 0.3 is 0 Å². The average Bonchev–Trinajstić information content (AvgIpc) is 2.50. The normalized spacial score (nSPS) is 26.1. The first kappa shape index (κ1) is 14.8. The Morgan fingerprint density at radius 3 is 2.70 bits per heavy atom. The highest BCUT2D eigenvalue weighted by Crippen LogP contribution is 2.31. The molecule has 1 aliphatic rings. The van der Waals surface area contributed by atoms with E-state index in [4.69, 9.17) is 4.74 Å². The van der Waals surface area contributed by atoms with Crippen LogP contribution in [-0.2, 0) is 0 Å². The Hall–Kier alpha value is -1.62. The Morgan fingerprint density at radius 1 is 1.50 bits per heavy atom. The highest BCUT2D eigenvalue weighted by Gasteiger charge is 2.35. The van der Waals surface area contributed by atoms with E-state index in [2.05, 4.69) is 17.2 Å². The first-order chi connectivity index (χ1) is 9.58. The van der Waals surface area contributed by atoms with Crippen molar-refractivity contribution in [3.63, 3.8) is 0 Å². The van der Waals surface area contributed by atoms with Gasteiger partial charge in [0.05, 0.1) is 24.8 Å². The van der Waals surface area contributed by atoms with Crippen molar-refractivity contribution in [1.82, 2.24) is 10.3 Å². The van der Waals surface area contributed by atoms with Crippen LogP contribution in [0.4, 0.5) is 0 Å². The quantitative estimate of drug-likeness (QED) is 0.880. The van der Waals surface area contributed by atoms with Crippen molar-refractivity contribution < 1.29 is 14.6 Å². The summed E-state index contributed by atoms with van der Waals surface area (Å²) in [7, 11) is 1.53. The topological polar surface area (TPSA) is 71.5 Å². The van der Waals surface area contributed by atoms with Crippen LogP contribution in [0.15, 0.2) is 18.3 Å². The maximum Gasteiger partial charge on any atom is 0.253 e. The van der Waals surface area contributed by atoms with Gasteiger partial charge in [-0.3, -0.25) is 4.79 Å². The number of nitrogens with zero attached hydrogens (tertiary/aromatic N) is 1. The van der Waals surface area contributed by atoms with Crippen LogP contribution in [0.2, 0.25) is 0 Å². The fraction of sp³-hybridized carbons (Fsp3) is 0.600. The molecule has 20 heavy (non-hydrogen) atoms. The van der Waals surface area contributed by atoms with Crippen molar-refractivity contribution in [2.75, 3.05) is 13.7 Å². The van der Waals surface area contributed by atoms with Gasteiger partial charge in [0, 0.05) is 12.3 Å². The molecule has 0 aromatic carbocycles. The molecule has 1 aliphatic carbocycles. The van der Waals surface area contributed by atoms with Gasteiger partial charge in [0.2, 0.25) is 5.88 Å². The van der Waals surface area contributed by atoms with Crippen LogP contribution >= 0.6 is 0 Å². The van der Waals surface area contributed by atoms with Gasteiger partial charge in [0.1, 0.15) is 0 Å². The standard InChI is InChI=1S/C15H22N2O3/c1-11-5-7-15(10-18,8-6-11)17-14(19)12-3-4-13(20-2)16-9-12/h3-4,9,11,18H,5-8,10H2,1-2H3,(H,17,19). The maximum atomic E-state index is 12.3. The monoisotopic (exact) mass is 278 g/mol. The number of carbonyl (C=O) groups is 1. The lowest BCUT2D eigenvalue weighted by molar-refractivity contribution is 0.0716. The van der Waals surface area contributed by atoms with Crippen LogP contribution in [0.3, 0.4) is 0 Å². The lowest BCUT2D eigenvalue weighted by Crippen LogP contribution is -2.53. The van der Waals surface area contributed by atoms with Gasteiger partial charge in [0.15, 0.2) is 0 Å². The van der Waals surface area contributed by atoms with Crippen molar-refractivity contribution >= 4 is 5.91 Å². The van der Waals surface area contributed by atoms with Crippen LogP contribution in [0.1, 0.15) is 43.0 Å². The SMILES string of the molecule is COc1ccc(C(=O)NC2(CO)CCC(C)CC2)cn1. The Morgan fingerprint density at radius 2 is 2.20 bits per heavy atom. The molecule has 1 amide bonds. The minimum atomic E-state index is -0.483. The molecule has 5 nitrogen and oxygen atoms in total. The van der Waals surface area contributed by atoms with Crippen LogP contribution in [0.5, 0.6) is 5.88 Å². The van der Waals surface area contributed by atoms with E-state index in [1.54, 1.807) is 12.1 Å². The summed E-state index contributed by atoms with van der Waals surface area (Å²) in [5, 5.41) is 12.6. The van der Waals surface area contributed by atoms with E-state index in [9.17, 15) is 9.90 Å². The molecular formula is C15H22N2O3. The smallest absolute Gasteiger partial charge is 0.253 e. The Labute approximate surface area is 119 Å². The van der Waals surface area contributed by atoms with Crippen molar-refractivity contribution in [2.24, 2.45) is 5.92 Å². The number of carbonyl (C=O) groups excluding carboxylic acids is 1. The number of ether oxygens (including phenoxy) is 1. The first-order valence-electron chi connectivity index (χ1n) is 7.02. The van der Waals surface area contributed by atoms with Gasteiger partial charge in [0.25, 0.3) is 5.91 Å². The molecule has 0 spiro atoms. The average molecular weight is 278 g/mol. The van der Waals surface area contributed by atoms with Crippen LogP contribution in [0, 0.1) is 5.92 Å². The molecule has 0 radical (unpaired) electrons. The molecule has 1 saturated carbocycles. The Kier molecular flexibility index (Phi) is 4.60. The molecule has 5 heteroatoms. The number of amides is 1. The number of aliphatic hydroxyl groups excluding tert-OH is 1. The molecule has 110 valence electrons. The number of rotatable bonds is 4. The minimum Gasteiger partial charge on any atom is -0.481 e. The molecule has 2 rings (SSSR count). The third-order valence-electron chi connectivity index (χ3n) is 4.12. The summed E-state index contributed by atoms with van der Waals surface area (Å²) in [6.07, 6.45) is 5.19. The Bertz CT molecular complexity index is 451. The number of aliphatic hydroxyl groups is 1. The molecule has 0 unspecified atom stereocenters. The maximum absolute atomic E-state index is 12.3. The fourth-order valence-electron chi connectivity index (χ4n) is 2.59. The second kappa shape index (κ2) is 6.22. The van der Waals surface area contributed by atoms with Crippen LogP contribution < -0.4 is 10.1 Å². The molecular weight excluding hydrogens is 256 g/mol. The van der Waals surface area contributed by atoms with Gasteiger partial charge in [-0.05, 0) is 37.7 Å². The van der Waals surface area contributed by atoms with E-state index in [1.807, 2.05) is 0 Å². The molecule has 1 aromatic rings. The van der Waals surface area contributed by atoms with Crippen LogP contribution in [-0.4, -0.2) is 35.3 Å². The lowest BCUT2D eigenvalue weighted by atomic mass is 9.77. The number of nitrogens with one attached hydrogen (secondary N) is 1. The number of hydrogen-bond donors (Lipinski definition) is 2. The minimum absolute atomic E-state index is 0.0188. The molecule has 0 saturated heterocycles. The summed E-state index contributed by atoms with van der Waals surface area (Å²) in [4.78, 5) is 16.3. The zero-order valence-corrected chi connectivity index (χ0v) is 12.1. The fourth-order valence-corrected chi connectivity index (χ4v) is 2.59. The van der Waals surface area contributed by atoms with Gasteiger partial charge in [-0.1, -0.05) is 6.92 Å². The summed E-state index contributed by atoms with van der Waals surface area (Å²) >= 11 is 0. The predicted molar refractivity (Wildman–Crippen MR) is 75.7 cm³/mol. The van der Waals surface area contributed by atoms with E-state index in [1.165, 1.54) is 13.3 Å². The summed E-state index contributed by atoms with van der Waals surface area (Å²) in [5.41, 5.74) is 0.000944. The first-order valence-corrected chi connectivity index (χ1v) is 7.02. The molecule has 0 aliphatic heterocycles. The largest absolute Gasteiger partial charge is 0.481 e. The third-order valence-corrected chi connectivity index (χ3v) is 4.12. The highest BCUT2D eigenvalue weighted by atomic mass is 16.5. The predicted octanol–water partition coefficient (Wildman–Crippen LogP) is 1.76. The summed E-state index contributed by atoms with van der Waals surface area (Å²) in [6.45, 7) is 2.19.